The standard InChI is InChI=1S/C19H20N2O3/c1-13-16(9-10-17(20-13)14-6-3-2-4-7-14)18(22)21-11-5-8-15(12-21)19(23)24/h2-4,6-7,9-10,15H,5,8,11-12H2,1H3,(H,23,24). The van der Waals surface area contributed by atoms with Crippen molar-refractivity contribution in [3.8, 4) is 11.3 Å². The second-order valence-electron chi connectivity index (χ2n) is 6.12. The van der Waals surface area contributed by atoms with Crippen molar-refractivity contribution >= 4 is 11.9 Å². The van der Waals surface area contributed by atoms with Gasteiger partial charge in [0, 0.05) is 18.7 Å². The van der Waals surface area contributed by atoms with Crippen LogP contribution in [0, 0.1) is 12.8 Å². The highest BCUT2D eigenvalue weighted by molar-refractivity contribution is 5.96. The zero-order valence-electron chi connectivity index (χ0n) is 13.6. The molecular formula is C19H20N2O3. The summed E-state index contributed by atoms with van der Waals surface area (Å²) in [5.74, 6) is -1.44. The molecule has 1 amide bonds. The number of aryl methyl sites for hydroxylation is 1. The fraction of sp³-hybridized carbons (Fsp3) is 0.316. The van der Waals surface area contributed by atoms with E-state index < -0.39 is 11.9 Å². The van der Waals surface area contributed by atoms with Gasteiger partial charge in [-0.15, -0.1) is 0 Å². The molecule has 5 nitrogen and oxygen atoms in total. The fourth-order valence-corrected chi connectivity index (χ4v) is 3.09. The average Bonchev–Trinajstić information content (AvgIpc) is 2.62. The molecule has 0 aliphatic carbocycles. The van der Waals surface area contributed by atoms with Crippen molar-refractivity contribution in [3.63, 3.8) is 0 Å². The Morgan fingerprint density at radius 1 is 1.17 bits per heavy atom. The zero-order chi connectivity index (χ0) is 17.1. The van der Waals surface area contributed by atoms with Gasteiger partial charge < -0.3 is 10.0 Å². The molecule has 0 bridgehead atoms. The van der Waals surface area contributed by atoms with E-state index in [1.54, 1.807) is 11.0 Å². The van der Waals surface area contributed by atoms with Crippen LogP contribution in [0.15, 0.2) is 42.5 Å². The Hall–Kier alpha value is -2.69. The normalized spacial score (nSPS) is 17.5. The summed E-state index contributed by atoms with van der Waals surface area (Å²) in [6.45, 7) is 2.69. The van der Waals surface area contributed by atoms with E-state index in [4.69, 9.17) is 0 Å². The fourth-order valence-electron chi connectivity index (χ4n) is 3.09. The molecule has 2 aromatic rings. The lowest BCUT2D eigenvalue weighted by atomic mass is 9.97. The summed E-state index contributed by atoms with van der Waals surface area (Å²) < 4.78 is 0. The van der Waals surface area contributed by atoms with Gasteiger partial charge in [0.2, 0.25) is 0 Å². The highest BCUT2D eigenvalue weighted by Gasteiger charge is 2.29. The second-order valence-corrected chi connectivity index (χ2v) is 6.12. The third-order valence-electron chi connectivity index (χ3n) is 4.44. The molecule has 1 fully saturated rings. The molecule has 124 valence electrons. The molecule has 3 rings (SSSR count). The average molecular weight is 324 g/mol. The number of carboxylic acids is 1. The van der Waals surface area contributed by atoms with Crippen molar-refractivity contribution in [2.45, 2.75) is 19.8 Å². The van der Waals surface area contributed by atoms with Gasteiger partial charge in [-0.05, 0) is 31.9 Å². The number of carbonyl (C=O) groups excluding carboxylic acids is 1. The minimum absolute atomic E-state index is 0.134. The summed E-state index contributed by atoms with van der Waals surface area (Å²) in [7, 11) is 0. The maximum atomic E-state index is 12.7. The minimum Gasteiger partial charge on any atom is -0.481 e. The van der Waals surface area contributed by atoms with Crippen LogP contribution in [0.5, 0.6) is 0 Å². The van der Waals surface area contributed by atoms with Crippen LogP contribution in [0.4, 0.5) is 0 Å². The number of pyridine rings is 1. The number of carbonyl (C=O) groups is 2. The van der Waals surface area contributed by atoms with Crippen molar-refractivity contribution in [1.82, 2.24) is 9.88 Å². The maximum absolute atomic E-state index is 12.7. The number of hydrogen-bond donors (Lipinski definition) is 1. The lowest BCUT2D eigenvalue weighted by Crippen LogP contribution is -2.42. The zero-order valence-corrected chi connectivity index (χ0v) is 13.6. The van der Waals surface area contributed by atoms with Crippen molar-refractivity contribution in [1.29, 1.82) is 0 Å². The molecule has 1 saturated heterocycles. The summed E-state index contributed by atoms with van der Waals surface area (Å²) in [5, 5.41) is 9.18. The largest absolute Gasteiger partial charge is 0.481 e. The number of amides is 1. The Labute approximate surface area is 140 Å². The molecule has 5 heteroatoms. The number of nitrogens with zero attached hydrogens (tertiary/aromatic N) is 2. The van der Waals surface area contributed by atoms with Crippen LogP contribution in [-0.4, -0.2) is 40.0 Å². The van der Waals surface area contributed by atoms with Gasteiger partial charge in [-0.2, -0.15) is 0 Å². The maximum Gasteiger partial charge on any atom is 0.308 e. The third-order valence-corrected chi connectivity index (χ3v) is 4.44. The van der Waals surface area contributed by atoms with Crippen molar-refractivity contribution < 1.29 is 14.7 Å². The summed E-state index contributed by atoms with van der Waals surface area (Å²) in [6.07, 6.45) is 1.35. The monoisotopic (exact) mass is 324 g/mol. The number of hydrogen-bond acceptors (Lipinski definition) is 3. The van der Waals surface area contributed by atoms with Crippen LogP contribution in [0.2, 0.25) is 0 Å². The summed E-state index contributed by atoms with van der Waals surface area (Å²) in [5.41, 5.74) is 3.04. The number of aliphatic carboxylic acids is 1. The smallest absolute Gasteiger partial charge is 0.308 e. The van der Waals surface area contributed by atoms with E-state index in [2.05, 4.69) is 4.98 Å². The highest BCUT2D eigenvalue weighted by Crippen LogP contribution is 2.22. The Bertz CT molecular complexity index is 758. The molecule has 0 spiro atoms. The number of aromatic nitrogens is 1. The number of carboxylic acid groups (broad SMARTS) is 1. The molecular weight excluding hydrogens is 304 g/mol. The molecule has 0 saturated carbocycles. The van der Waals surface area contributed by atoms with E-state index in [9.17, 15) is 14.7 Å². The number of rotatable bonds is 3. The molecule has 1 aromatic carbocycles. The minimum atomic E-state index is -0.832. The Kier molecular flexibility index (Phi) is 4.60. The molecule has 1 aliphatic heterocycles. The Balaban J connectivity index is 1.82. The summed E-state index contributed by atoms with van der Waals surface area (Å²) in [6, 6.07) is 13.4. The van der Waals surface area contributed by atoms with Gasteiger partial charge in [-0.3, -0.25) is 14.6 Å². The first-order chi connectivity index (χ1) is 11.6. The predicted octanol–water partition coefficient (Wildman–Crippen LogP) is 2.99. The first-order valence-electron chi connectivity index (χ1n) is 8.11. The van der Waals surface area contributed by atoms with E-state index in [0.717, 1.165) is 17.7 Å². The Morgan fingerprint density at radius 2 is 1.92 bits per heavy atom. The van der Waals surface area contributed by atoms with E-state index in [1.807, 2.05) is 43.3 Å². The van der Waals surface area contributed by atoms with Crippen molar-refractivity contribution in [3.05, 3.63) is 53.7 Å². The molecule has 1 atom stereocenters. The van der Waals surface area contributed by atoms with E-state index in [-0.39, 0.29) is 12.5 Å². The quantitative estimate of drug-likeness (QED) is 0.942. The molecule has 1 N–H and O–H groups in total. The van der Waals surface area contributed by atoms with Gasteiger partial charge in [-0.25, -0.2) is 0 Å². The van der Waals surface area contributed by atoms with Crippen LogP contribution < -0.4 is 0 Å². The number of piperidine rings is 1. The van der Waals surface area contributed by atoms with Crippen LogP contribution in [0.3, 0.4) is 0 Å². The van der Waals surface area contributed by atoms with Gasteiger partial charge in [0.15, 0.2) is 0 Å². The molecule has 1 unspecified atom stereocenters. The van der Waals surface area contributed by atoms with Gasteiger partial charge in [0.05, 0.1) is 22.9 Å². The van der Waals surface area contributed by atoms with E-state index in [0.29, 0.717) is 24.2 Å². The molecule has 24 heavy (non-hydrogen) atoms. The summed E-state index contributed by atoms with van der Waals surface area (Å²) >= 11 is 0. The number of likely N-dealkylation sites (tertiary alicyclic amines) is 1. The van der Waals surface area contributed by atoms with E-state index >= 15 is 0 Å². The predicted molar refractivity (Wildman–Crippen MR) is 90.7 cm³/mol. The second kappa shape index (κ2) is 6.83. The van der Waals surface area contributed by atoms with Crippen molar-refractivity contribution in [2.24, 2.45) is 5.92 Å². The first kappa shape index (κ1) is 16.2. The van der Waals surface area contributed by atoms with Crippen LogP contribution in [0.25, 0.3) is 11.3 Å². The number of benzene rings is 1. The van der Waals surface area contributed by atoms with Gasteiger partial charge >= 0.3 is 5.97 Å². The molecule has 1 aromatic heterocycles. The van der Waals surface area contributed by atoms with Crippen LogP contribution >= 0.6 is 0 Å². The van der Waals surface area contributed by atoms with Gasteiger partial charge in [0.1, 0.15) is 0 Å². The lowest BCUT2D eigenvalue weighted by molar-refractivity contribution is -0.143. The molecule has 1 aliphatic rings. The van der Waals surface area contributed by atoms with Gasteiger partial charge in [-0.1, -0.05) is 30.3 Å². The van der Waals surface area contributed by atoms with E-state index in [1.165, 1.54) is 0 Å². The van der Waals surface area contributed by atoms with Crippen LogP contribution in [-0.2, 0) is 4.79 Å². The van der Waals surface area contributed by atoms with Crippen LogP contribution in [0.1, 0.15) is 28.9 Å². The first-order valence-corrected chi connectivity index (χ1v) is 8.11. The summed E-state index contributed by atoms with van der Waals surface area (Å²) in [4.78, 5) is 30.1. The SMILES string of the molecule is Cc1nc(-c2ccccc2)ccc1C(=O)N1CCCC(C(=O)O)C1. The highest BCUT2D eigenvalue weighted by atomic mass is 16.4. The molecule has 2 heterocycles. The van der Waals surface area contributed by atoms with Gasteiger partial charge in [0.25, 0.3) is 5.91 Å². The topological polar surface area (TPSA) is 70.5 Å². The van der Waals surface area contributed by atoms with Crippen molar-refractivity contribution in [2.75, 3.05) is 13.1 Å². The third kappa shape index (κ3) is 3.30. The molecule has 0 radical (unpaired) electrons. The Morgan fingerprint density at radius 3 is 2.58 bits per heavy atom. The lowest BCUT2D eigenvalue weighted by Gasteiger charge is -2.31.